The third-order valence-corrected chi connectivity index (χ3v) is 6.68. The third kappa shape index (κ3) is 2.96. The molecule has 19 heavy (non-hydrogen) atoms. The predicted molar refractivity (Wildman–Crippen MR) is 76.6 cm³/mol. The van der Waals surface area contributed by atoms with Crippen molar-refractivity contribution in [2.75, 3.05) is 18.8 Å². The number of hydrogen-bond acceptors (Lipinski definition) is 5. The maximum atomic E-state index is 12.6. The lowest BCUT2D eigenvalue weighted by molar-refractivity contribution is 0.340. The smallest absolute Gasteiger partial charge is 0.246 e. The van der Waals surface area contributed by atoms with Crippen molar-refractivity contribution in [2.24, 2.45) is 5.73 Å². The van der Waals surface area contributed by atoms with Gasteiger partial charge in [0.2, 0.25) is 10.0 Å². The van der Waals surface area contributed by atoms with Gasteiger partial charge in [-0.1, -0.05) is 6.92 Å². The Balaban J connectivity index is 2.25. The van der Waals surface area contributed by atoms with Crippen molar-refractivity contribution >= 4 is 21.8 Å². The van der Waals surface area contributed by atoms with Crippen LogP contribution in [0.5, 0.6) is 0 Å². The summed E-state index contributed by atoms with van der Waals surface area (Å²) in [5, 5.41) is 4.34. The van der Waals surface area contributed by atoms with Crippen LogP contribution in [0.1, 0.15) is 13.8 Å². The molecule has 6 nitrogen and oxygen atoms in total. The number of thioether (sulfide) groups is 1. The quantitative estimate of drug-likeness (QED) is 0.868. The van der Waals surface area contributed by atoms with Gasteiger partial charge in [0.25, 0.3) is 0 Å². The first-order valence-electron chi connectivity index (χ1n) is 6.33. The van der Waals surface area contributed by atoms with Crippen LogP contribution in [0.15, 0.2) is 17.3 Å². The molecule has 2 unspecified atom stereocenters. The maximum Gasteiger partial charge on any atom is 0.246 e. The molecule has 0 aliphatic carbocycles. The van der Waals surface area contributed by atoms with Crippen LogP contribution in [-0.4, -0.2) is 52.6 Å². The SMILES string of the molecule is CC1SCCN(S(=O)(=O)c2cnn(CCN)c2)C1C. The molecule has 1 aromatic heterocycles. The van der Waals surface area contributed by atoms with Gasteiger partial charge in [-0.2, -0.15) is 21.2 Å². The molecule has 1 aliphatic heterocycles. The number of sulfonamides is 1. The summed E-state index contributed by atoms with van der Waals surface area (Å²) >= 11 is 1.81. The number of nitrogens with two attached hydrogens (primary N) is 1. The van der Waals surface area contributed by atoms with E-state index < -0.39 is 10.0 Å². The average Bonchev–Trinajstić information content (AvgIpc) is 2.82. The fourth-order valence-electron chi connectivity index (χ4n) is 2.11. The normalized spacial score (nSPS) is 25.6. The summed E-state index contributed by atoms with van der Waals surface area (Å²) in [5.41, 5.74) is 5.44. The van der Waals surface area contributed by atoms with Crippen molar-refractivity contribution in [1.29, 1.82) is 0 Å². The van der Waals surface area contributed by atoms with Crippen molar-refractivity contribution in [3.63, 3.8) is 0 Å². The topological polar surface area (TPSA) is 81.2 Å². The number of nitrogens with zero attached hydrogens (tertiary/aromatic N) is 3. The summed E-state index contributed by atoms with van der Waals surface area (Å²) < 4.78 is 28.3. The van der Waals surface area contributed by atoms with E-state index in [9.17, 15) is 8.42 Å². The Morgan fingerprint density at radius 3 is 2.95 bits per heavy atom. The molecule has 2 N–H and O–H groups in total. The zero-order valence-electron chi connectivity index (χ0n) is 11.2. The first-order chi connectivity index (χ1) is 8.96. The maximum absolute atomic E-state index is 12.6. The van der Waals surface area contributed by atoms with Crippen molar-refractivity contribution in [2.45, 2.75) is 36.6 Å². The molecule has 0 saturated carbocycles. The lowest BCUT2D eigenvalue weighted by Gasteiger charge is -2.36. The van der Waals surface area contributed by atoms with E-state index in [1.165, 1.54) is 6.20 Å². The predicted octanol–water partition coefficient (Wildman–Crippen LogP) is 0.356. The number of hydrogen-bond donors (Lipinski definition) is 1. The van der Waals surface area contributed by atoms with Gasteiger partial charge in [-0.25, -0.2) is 8.42 Å². The second-order valence-corrected chi connectivity index (χ2v) is 8.04. The van der Waals surface area contributed by atoms with Gasteiger partial charge >= 0.3 is 0 Å². The number of aromatic nitrogens is 2. The Morgan fingerprint density at radius 2 is 2.26 bits per heavy atom. The highest BCUT2D eigenvalue weighted by molar-refractivity contribution is 8.00. The van der Waals surface area contributed by atoms with Crippen molar-refractivity contribution in [3.8, 4) is 0 Å². The van der Waals surface area contributed by atoms with Crippen molar-refractivity contribution < 1.29 is 8.42 Å². The molecule has 0 amide bonds. The molecule has 1 fully saturated rings. The lowest BCUT2D eigenvalue weighted by Crippen LogP contribution is -2.47. The van der Waals surface area contributed by atoms with Crippen LogP contribution in [0.3, 0.4) is 0 Å². The minimum Gasteiger partial charge on any atom is -0.329 e. The van der Waals surface area contributed by atoms with Crippen LogP contribution in [0.25, 0.3) is 0 Å². The highest BCUT2D eigenvalue weighted by atomic mass is 32.2. The van der Waals surface area contributed by atoms with Gasteiger partial charge in [0.1, 0.15) is 4.90 Å². The molecule has 0 bridgehead atoms. The zero-order valence-corrected chi connectivity index (χ0v) is 12.8. The van der Waals surface area contributed by atoms with Crippen LogP contribution in [0, 0.1) is 0 Å². The summed E-state index contributed by atoms with van der Waals surface area (Å²) in [6.07, 6.45) is 2.96. The molecule has 0 radical (unpaired) electrons. The number of rotatable bonds is 4. The van der Waals surface area contributed by atoms with E-state index in [0.29, 0.717) is 24.9 Å². The fourth-order valence-corrected chi connectivity index (χ4v) is 5.06. The van der Waals surface area contributed by atoms with E-state index in [1.807, 2.05) is 18.7 Å². The van der Waals surface area contributed by atoms with E-state index in [1.54, 1.807) is 15.2 Å². The van der Waals surface area contributed by atoms with Gasteiger partial charge in [0.05, 0.1) is 12.7 Å². The van der Waals surface area contributed by atoms with Crippen molar-refractivity contribution in [3.05, 3.63) is 12.4 Å². The van der Waals surface area contributed by atoms with Gasteiger partial charge in [-0.15, -0.1) is 0 Å². The van der Waals surface area contributed by atoms with Gasteiger partial charge in [-0.05, 0) is 6.92 Å². The Bertz CT molecular complexity index is 529. The molecule has 8 heteroatoms. The highest BCUT2D eigenvalue weighted by Crippen LogP contribution is 2.29. The van der Waals surface area contributed by atoms with Gasteiger partial charge in [0.15, 0.2) is 0 Å². The van der Waals surface area contributed by atoms with Gasteiger partial charge < -0.3 is 5.73 Å². The van der Waals surface area contributed by atoms with E-state index in [-0.39, 0.29) is 10.9 Å². The van der Waals surface area contributed by atoms with E-state index in [0.717, 1.165) is 5.75 Å². The van der Waals surface area contributed by atoms with Crippen LogP contribution in [-0.2, 0) is 16.6 Å². The summed E-state index contributed by atoms with van der Waals surface area (Å²) in [6.45, 7) is 5.54. The molecular weight excluding hydrogens is 284 g/mol. The van der Waals surface area contributed by atoms with E-state index in [4.69, 9.17) is 5.73 Å². The summed E-state index contributed by atoms with van der Waals surface area (Å²) in [6, 6.07) is 0.00149. The monoisotopic (exact) mass is 304 g/mol. The van der Waals surface area contributed by atoms with Crippen LogP contribution in [0.2, 0.25) is 0 Å². The second kappa shape index (κ2) is 5.82. The standard InChI is InChI=1S/C11H20N4O2S2/c1-9-10(2)18-6-5-15(9)19(16,17)11-7-13-14(8-11)4-3-12/h7-10H,3-6,12H2,1-2H3. The third-order valence-electron chi connectivity index (χ3n) is 3.40. The molecule has 2 atom stereocenters. The Morgan fingerprint density at radius 1 is 1.53 bits per heavy atom. The summed E-state index contributed by atoms with van der Waals surface area (Å²) in [7, 11) is -3.45. The minimum atomic E-state index is -3.45. The first kappa shape index (κ1) is 14.8. The Kier molecular flexibility index (Phi) is 4.54. The summed E-state index contributed by atoms with van der Waals surface area (Å²) in [4.78, 5) is 0.256. The Hall–Kier alpha value is -0.570. The van der Waals surface area contributed by atoms with Gasteiger partial charge in [0, 0.05) is 36.3 Å². The molecule has 1 aromatic rings. The molecule has 1 saturated heterocycles. The van der Waals surface area contributed by atoms with Crippen molar-refractivity contribution in [1.82, 2.24) is 14.1 Å². The zero-order chi connectivity index (χ0) is 14.0. The molecular formula is C11H20N4O2S2. The summed E-state index contributed by atoms with van der Waals surface area (Å²) in [5.74, 6) is 0.835. The molecule has 0 spiro atoms. The van der Waals surface area contributed by atoms with Gasteiger partial charge in [-0.3, -0.25) is 4.68 Å². The average molecular weight is 304 g/mol. The minimum absolute atomic E-state index is 0.00149. The van der Waals surface area contributed by atoms with E-state index in [2.05, 4.69) is 12.0 Å². The molecule has 0 aromatic carbocycles. The highest BCUT2D eigenvalue weighted by Gasteiger charge is 2.35. The molecule has 1 aliphatic rings. The van der Waals surface area contributed by atoms with Crippen LogP contribution < -0.4 is 5.73 Å². The lowest BCUT2D eigenvalue weighted by atomic mass is 10.2. The van der Waals surface area contributed by atoms with Crippen LogP contribution in [0.4, 0.5) is 0 Å². The Labute approximate surface area is 118 Å². The largest absolute Gasteiger partial charge is 0.329 e. The molecule has 2 rings (SSSR count). The van der Waals surface area contributed by atoms with Crippen LogP contribution >= 0.6 is 11.8 Å². The van der Waals surface area contributed by atoms with E-state index >= 15 is 0 Å². The second-order valence-electron chi connectivity index (χ2n) is 4.66. The molecule has 108 valence electrons. The fraction of sp³-hybridized carbons (Fsp3) is 0.727. The molecule has 2 heterocycles. The first-order valence-corrected chi connectivity index (χ1v) is 8.81.